The van der Waals surface area contributed by atoms with Crippen molar-refractivity contribution >= 4 is 29.5 Å². The Hall–Kier alpha value is -2.93. The van der Waals surface area contributed by atoms with Crippen LogP contribution in [0.15, 0.2) is 65.6 Å². The number of carboxylic acids is 1. The van der Waals surface area contributed by atoms with E-state index in [-0.39, 0.29) is 11.7 Å². The summed E-state index contributed by atoms with van der Waals surface area (Å²) in [5.41, 5.74) is 1.39. The summed E-state index contributed by atoms with van der Waals surface area (Å²) >= 11 is 1.61. The first kappa shape index (κ1) is 22.4. The number of hydrogen-bond acceptors (Lipinski definition) is 5. The van der Waals surface area contributed by atoms with Crippen LogP contribution >= 0.6 is 11.8 Å². The van der Waals surface area contributed by atoms with E-state index in [4.69, 9.17) is 9.84 Å². The van der Waals surface area contributed by atoms with Crippen molar-refractivity contribution in [3.8, 4) is 5.75 Å². The number of allylic oxidation sites excluding steroid dienone is 1. The molecule has 0 bridgehead atoms. The number of amides is 1. The van der Waals surface area contributed by atoms with Crippen LogP contribution in [-0.2, 0) is 9.53 Å². The average molecular weight is 416 g/mol. The lowest BCUT2D eigenvalue weighted by Crippen LogP contribution is -2.22. The minimum atomic E-state index is -0.990. The Balaban J connectivity index is 2.07. The van der Waals surface area contributed by atoms with Gasteiger partial charge in [0.2, 0.25) is 0 Å². The normalized spacial score (nSPS) is 13.0. The number of nitrogens with one attached hydrogen (secondary N) is 1. The lowest BCUT2D eigenvalue weighted by molar-refractivity contribution is -0.131. The van der Waals surface area contributed by atoms with Crippen molar-refractivity contribution in [2.24, 2.45) is 5.92 Å². The van der Waals surface area contributed by atoms with Crippen LogP contribution in [0.25, 0.3) is 0 Å². The van der Waals surface area contributed by atoms with Crippen LogP contribution in [-0.4, -0.2) is 28.5 Å². The molecule has 0 unspecified atom stereocenters. The maximum Gasteiger partial charge on any atom is 0.412 e. The van der Waals surface area contributed by atoms with Crippen molar-refractivity contribution in [2.45, 2.75) is 30.8 Å². The lowest BCUT2D eigenvalue weighted by atomic mass is 9.93. The molecule has 2 aromatic rings. The third kappa shape index (κ3) is 7.54. The molecule has 0 saturated heterocycles. The molecule has 154 valence electrons. The van der Waals surface area contributed by atoms with Gasteiger partial charge in [-0.1, -0.05) is 25.1 Å². The molecule has 0 aliphatic carbocycles. The fourth-order valence-corrected chi connectivity index (χ4v) is 3.22. The van der Waals surface area contributed by atoms with Gasteiger partial charge < -0.3 is 14.9 Å². The van der Waals surface area contributed by atoms with E-state index < -0.39 is 18.2 Å². The van der Waals surface area contributed by atoms with E-state index in [9.17, 15) is 14.7 Å². The Kier molecular flexibility index (Phi) is 8.61. The van der Waals surface area contributed by atoms with E-state index >= 15 is 0 Å². The van der Waals surface area contributed by atoms with Gasteiger partial charge in [-0.25, -0.2) is 9.59 Å². The van der Waals surface area contributed by atoms with Gasteiger partial charge in [0.05, 0.1) is 0 Å². The largest absolute Gasteiger partial charge is 0.508 e. The van der Waals surface area contributed by atoms with Gasteiger partial charge in [-0.05, 0) is 67.0 Å². The number of aromatic hydroxyl groups is 1. The van der Waals surface area contributed by atoms with Gasteiger partial charge in [0.15, 0.2) is 0 Å². The monoisotopic (exact) mass is 415 g/mol. The molecule has 0 spiro atoms. The number of carboxylic acid groups (broad SMARTS) is 1. The highest BCUT2D eigenvalue weighted by molar-refractivity contribution is 7.98. The summed E-state index contributed by atoms with van der Waals surface area (Å²) < 4.78 is 5.70. The molecule has 6 nitrogen and oxygen atoms in total. The van der Waals surface area contributed by atoms with Crippen molar-refractivity contribution in [1.29, 1.82) is 0 Å². The maximum atomic E-state index is 12.5. The summed E-state index contributed by atoms with van der Waals surface area (Å²) in [7, 11) is 0. The number of phenolic OH excluding ortho intramolecular Hbond substituents is 1. The summed E-state index contributed by atoms with van der Waals surface area (Å²) in [4.78, 5) is 24.2. The van der Waals surface area contributed by atoms with Crippen LogP contribution in [0.1, 0.15) is 31.4 Å². The fraction of sp³-hybridized carbons (Fsp3) is 0.273. The molecular formula is C22H25NO5S. The maximum absolute atomic E-state index is 12.5. The van der Waals surface area contributed by atoms with Crippen molar-refractivity contribution in [3.05, 3.63) is 66.2 Å². The van der Waals surface area contributed by atoms with Gasteiger partial charge in [-0.15, -0.1) is 11.8 Å². The van der Waals surface area contributed by atoms with Crippen LogP contribution in [0.5, 0.6) is 5.75 Å². The van der Waals surface area contributed by atoms with Crippen molar-refractivity contribution < 1.29 is 24.5 Å². The molecule has 0 saturated carbocycles. The van der Waals surface area contributed by atoms with E-state index in [1.54, 1.807) is 42.1 Å². The van der Waals surface area contributed by atoms with Crippen molar-refractivity contribution in [3.63, 3.8) is 0 Å². The first-order valence-corrected chi connectivity index (χ1v) is 10.4. The van der Waals surface area contributed by atoms with Gasteiger partial charge in [-0.3, -0.25) is 5.32 Å². The van der Waals surface area contributed by atoms with Crippen LogP contribution < -0.4 is 5.32 Å². The van der Waals surface area contributed by atoms with Gasteiger partial charge in [0, 0.05) is 16.7 Å². The zero-order chi connectivity index (χ0) is 21.2. The van der Waals surface area contributed by atoms with Gasteiger partial charge in [0.1, 0.15) is 11.9 Å². The number of carbonyl (C=O) groups is 2. The number of ether oxygens (including phenoxy) is 1. The predicted octanol–water partition coefficient (Wildman–Crippen LogP) is 5.46. The molecule has 0 aliphatic heterocycles. The number of anilines is 1. The average Bonchev–Trinajstić information content (AvgIpc) is 2.70. The van der Waals surface area contributed by atoms with E-state index in [1.165, 1.54) is 0 Å². The first-order valence-electron chi connectivity index (χ1n) is 9.19. The third-order valence-electron chi connectivity index (χ3n) is 4.36. The van der Waals surface area contributed by atoms with E-state index in [2.05, 4.69) is 5.32 Å². The second kappa shape index (κ2) is 11.2. The predicted molar refractivity (Wildman–Crippen MR) is 114 cm³/mol. The van der Waals surface area contributed by atoms with Crippen molar-refractivity contribution in [2.75, 3.05) is 11.6 Å². The van der Waals surface area contributed by atoms with Crippen LogP contribution in [0.3, 0.4) is 0 Å². The molecular weight excluding hydrogens is 390 g/mol. The van der Waals surface area contributed by atoms with Crippen LogP contribution in [0.2, 0.25) is 0 Å². The number of thioether (sulfide) groups is 1. The number of aliphatic carboxylic acids is 1. The molecule has 2 atom stereocenters. The summed E-state index contributed by atoms with van der Waals surface area (Å²) in [6.45, 7) is 1.94. The smallest absolute Gasteiger partial charge is 0.412 e. The molecule has 0 aromatic heterocycles. The molecule has 2 rings (SSSR count). The zero-order valence-electron chi connectivity index (χ0n) is 16.4. The Morgan fingerprint density at radius 1 is 1.14 bits per heavy atom. The van der Waals surface area contributed by atoms with E-state index in [0.29, 0.717) is 18.5 Å². The summed E-state index contributed by atoms with van der Waals surface area (Å²) in [6, 6.07) is 14.0. The molecule has 0 fully saturated rings. The minimum Gasteiger partial charge on any atom is -0.508 e. The number of phenols is 1. The zero-order valence-corrected chi connectivity index (χ0v) is 17.2. The molecule has 1 amide bonds. The quantitative estimate of drug-likeness (QED) is 0.372. The second-order valence-corrected chi connectivity index (χ2v) is 7.45. The highest BCUT2D eigenvalue weighted by Crippen LogP contribution is 2.31. The molecule has 0 radical (unpaired) electrons. The van der Waals surface area contributed by atoms with Crippen LogP contribution in [0.4, 0.5) is 10.5 Å². The van der Waals surface area contributed by atoms with Gasteiger partial charge in [-0.2, -0.15) is 0 Å². The van der Waals surface area contributed by atoms with E-state index in [1.807, 2.05) is 37.4 Å². The number of hydrogen-bond donors (Lipinski definition) is 3. The second-order valence-electron chi connectivity index (χ2n) is 6.57. The number of rotatable bonds is 9. The number of carbonyl (C=O) groups excluding carboxylic acids is 1. The molecule has 7 heteroatoms. The molecule has 2 aromatic carbocycles. The Morgan fingerprint density at radius 3 is 2.38 bits per heavy atom. The lowest BCUT2D eigenvalue weighted by Gasteiger charge is -2.24. The summed E-state index contributed by atoms with van der Waals surface area (Å²) in [5, 5.41) is 21.0. The Labute approximate surface area is 174 Å². The van der Waals surface area contributed by atoms with Gasteiger partial charge in [0.25, 0.3) is 0 Å². The Morgan fingerprint density at radius 2 is 1.79 bits per heavy atom. The minimum absolute atomic E-state index is 0.0670. The highest BCUT2D eigenvalue weighted by Gasteiger charge is 2.23. The van der Waals surface area contributed by atoms with Crippen LogP contribution in [0, 0.1) is 5.92 Å². The molecule has 0 heterocycles. The summed E-state index contributed by atoms with van der Waals surface area (Å²) in [6.07, 6.45) is 4.72. The topological polar surface area (TPSA) is 95.9 Å². The standard InChI is InChI=1S/C22H25NO5S/c1-15(5-3-4-6-20(25)26)21(16-7-11-18(24)12-8-16)28-22(27)23-17-9-13-19(29-2)14-10-17/h4,6-15,21,24H,3,5H2,1-2H3,(H,23,27)(H,25,26)/b6-4+/t15-,21-/m1/s1. The highest BCUT2D eigenvalue weighted by atomic mass is 32.2. The van der Waals surface area contributed by atoms with E-state index in [0.717, 1.165) is 16.5 Å². The SMILES string of the molecule is CSc1ccc(NC(=O)O[C@@H](c2ccc(O)cc2)[C@H](C)CC/C=C/C(=O)O)cc1. The molecule has 29 heavy (non-hydrogen) atoms. The summed E-state index contributed by atoms with van der Waals surface area (Å²) in [5.74, 6) is -0.929. The Bertz CT molecular complexity index is 833. The fourth-order valence-electron chi connectivity index (χ4n) is 2.81. The number of benzene rings is 2. The molecule has 3 N–H and O–H groups in total. The van der Waals surface area contributed by atoms with Crippen molar-refractivity contribution in [1.82, 2.24) is 0 Å². The first-order chi connectivity index (χ1) is 13.9. The molecule has 0 aliphatic rings. The van der Waals surface area contributed by atoms with Gasteiger partial charge >= 0.3 is 12.1 Å². The third-order valence-corrected chi connectivity index (χ3v) is 5.10.